The van der Waals surface area contributed by atoms with Crippen LogP contribution >= 0.6 is 0 Å². The zero-order valence-electron chi connectivity index (χ0n) is 22.2. The fourth-order valence-electron chi connectivity index (χ4n) is 3.59. The monoisotopic (exact) mass is 514 g/mol. The molecule has 37 heavy (non-hydrogen) atoms. The summed E-state index contributed by atoms with van der Waals surface area (Å²) < 4.78 is 27.0. The number of hydrogen-bond acceptors (Lipinski definition) is 7. The topological polar surface area (TPSA) is 80.3 Å². The SMILES string of the molecule is CCCCCCCCc1ccc(OCCOCCOCCOCCOC(=O)C(=O)c2ccccc2)cc1. The van der Waals surface area contributed by atoms with Crippen LogP contribution in [-0.4, -0.2) is 64.6 Å². The Bertz CT molecular complexity index is 852. The molecule has 2 aromatic carbocycles. The normalized spacial score (nSPS) is 10.8. The van der Waals surface area contributed by atoms with Crippen molar-refractivity contribution < 1.29 is 33.3 Å². The first-order chi connectivity index (χ1) is 18.2. The molecule has 7 nitrogen and oxygen atoms in total. The number of hydrogen-bond donors (Lipinski definition) is 0. The number of carbonyl (C=O) groups is 2. The van der Waals surface area contributed by atoms with E-state index >= 15 is 0 Å². The Labute approximate surface area is 221 Å². The van der Waals surface area contributed by atoms with E-state index in [-0.39, 0.29) is 13.2 Å². The summed E-state index contributed by atoms with van der Waals surface area (Å²) >= 11 is 0. The molecule has 0 saturated carbocycles. The zero-order valence-corrected chi connectivity index (χ0v) is 22.2. The molecule has 0 radical (unpaired) electrons. The van der Waals surface area contributed by atoms with Crippen molar-refractivity contribution in [2.45, 2.75) is 51.9 Å². The first-order valence-electron chi connectivity index (χ1n) is 13.4. The molecule has 0 spiro atoms. The van der Waals surface area contributed by atoms with Crippen molar-refractivity contribution in [2.24, 2.45) is 0 Å². The van der Waals surface area contributed by atoms with Gasteiger partial charge in [0.1, 0.15) is 19.0 Å². The fourth-order valence-corrected chi connectivity index (χ4v) is 3.59. The third-order valence-corrected chi connectivity index (χ3v) is 5.66. The lowest BCUT2D eigenvalue weighted by atomic mass is 10.0. The summed E-state index contributed by atoms with van der Waals surface area (Å²) in [6.45, 7) is 5.14. The number of unbranched alkanes of at least 4 members (excludes halogenated alkanes) is 5. The molecule has 0 aliphatic heterocycles. The highest BCUT2D eigenvalue weighted by atomic mass is 16.6. The van der Waals surface area contributed by atoms with Crippen molar-refractivity contribution in [3.8, 4) is 5.75 Å². The van der Waals surface area contributed by atoms with Crippen LogP contribution in [0.4, 0.5) is 0 Å². The van der Waals surface area contributed by atoms with Gasteiger partial charge in [0.05, 0.1) is 39.6 Å². The van der Waals surface area contributed by atoms with E-state index < -0.39 is 11.8 Å². The van der Waals surface area contributed by atoms with Crippen molar-refractivity contribution in [3.05, 3.63) is 65.7 Å². The van der Waals surface area contributed by atoms with E-state index in [9.17, 15) is 9.59 Å². The molecule has 2 rings (SSSR count). The minimum Gasteiger partial charge on any atom is -0.491 e. The standard InChI is InChI=1S/C30H42O7/c1-2-3-4-5-6-8-11-26-14-16-28(17-15-26)36-24-22-34-20-18-33-19-21-35-23-25-37-30(32)29(31)27-12-9-7-10-13-27/h7,9-10,12-17H,2-6,8,11,18-25H2,1H3. The average molecular weight is 515 g/mol. The molecular formula is C30H42O7. The Morgan fingerprint density at radius 2 is 1.19 bits per heavy atom. The van der Waals surface area contributed by atoms with Crippen LogP contribution in [0.2, 0.25) is 0 Å². The summed E-state index contributed by atoms with van der Waals surface area (Å²) in [6.07, 6.45) is 9.02. The van der Waals surface area contributed by atoms with Crippen molar-refractivity contribution in [2.75, 3.05) is 52.9 Å². The molecule has 0 unspecified atom stereocenters. The highest BCUT2D eigenvalue weighted by molar-refractivity contribution is 6.40. The van der Waals surface area contributed by atoms with Gasteiger partial charge < -0.3 is 23.7 Å². The average Bonchev–Trinajstić information content (AvgIpc) is 2.93. The summed E-state index contributed by atoms with van der Waals surface area (Å²) in [4.78, 5) is 23.6. The summed E-state index contributed by atoms with van der Waals surface area (Å²) in [7, 11) is 0. The predicted octanol–water partition coefficient (Wildman–Crippen LogP) is 5.44. The van der Waals surface area contributed by atoms with Gasteiger partial charge in [-0.2, -0.15) is 0 Å². The van der Waals surface area contributed by atoms with Crippen molar-refractivity contribution >= 4 is 11.8 Å². The smallest absolute Gasteiger partial charge is 0.379 e. The molecule has 0 bridgehead atoms. The minimum absolute atomic E-state index is 0.0162. The van der Waals surface area contributed by atoms with Gasteiger partial charge in [-0.1, -0.05) is 81.5 Å². The van der Waals surface area contributed by atoms with E-state index in [1.165, 1.54) is 44.1 Å². The second kappa shape index (κ2) is 20.3. The molecule has 0 amide bonds. The number of Topliss-reactive ketones (excluding diaryl/α,β-unsaturated/α-hetero) is 1. The Hall–Kier alpha value is -2.74. The third-order valence-electron chi connectivity index (χ3n) is 5.66. The van der Waals surface area contributed by atoms with Gasteiger partial charge in [-0.25, -0.2) is 4.79 Å². The van der Waals surface area contributed by atoms with Gasteiger partial charge in [-0.15, -0.1) is 0 Å². The molecule has 7 heteroatoms. The van der Waals surface area contributed by atoms with Crippen LogP contribution in [0.15, 0.2) is 54.6 Å². The highest BCUT2D eigenvalue weighted by Gasteiger charge is 2.17. The Kier molecular flexibility index (Phi) is 16.8. The van der Waals surface area contributed by atoms with Gasteiger partial charge in [0, 0.05) is 5.56 Å². The van der Waals surface area contributed by atoms with Crippen LogP contribution in [0.3, 0.4) is 0 Å². The molecule has 0 atom stereocenters. The maximum atomic E-state index is 11.9. The molecule has 0 fully saturated rings. The lowest BCUT2D eigenvalue weighted by Crippen LogP contribution is -2.20. The van der Waals surface area contributed by atoms with E-state index in [2.05, 4.69) is 19.1 Å². The summed E-state index contributed by atoms with van der Waals surface area (Å²) in [5.41, 5.74) is 1.67. The van der Waals surface area contributed by atoms with Crippen LogP contribution in [0.25, 0.3) is 0 Å². The molecule has 0 aromatic heterocycles. The van der Waals surface area contributed by atoms with Gasteiger partial charge in [0.15, 0.2) is 0 Å². The maximum Gasteiger partial charge on any atom is 0.379 e. The van der Waals surface area contributed by atoms with Gasteiger partial charge >= 0.3 is 5.97 Å². The molecule has 0 aliphatic carbocycles. The summed E-state index contributed by atoms with van der Waals surface area (Å²) in [6, 6.07) is 16.6. The Balaban J connectivity index is 1.35. The quantitative estimate of drug-likeness (QED) is 0.0895. The van der Waals surface area contributed by atoms with E-state index in [1.54, 1.807) is 30.3 Å². The fraction of sp³-hybridized carbons (Fsp3) is 0.533. The Morgan fingerprint density at radius 3 is 1.84 bits per heavy atom. The van der Waals surface area contributed by atoms with E-state index in [1.807, 2.05) is 12.1 Å². The van der Waals surface area contributed by atoms with Crippen molar-refractivity contribution in [1.82, 2.24) is 0 Å². The number of esters is 1. The molecule has 204 valence electrons. The number of rotatable bonds is 22. The van der Waals surface area contributed by atoms with Gasteiger partial charge in [-0.05, 0) is 30.5 Å². The number of ketones is 1. The molecule has 2 aromatic rings. The maximum absolute atomic E-state index is 11.9. The minimum atomic E-state index is -0.882. The van der Waals surface area contributed by atoms with E-state index in [0.29, 0.717) is 45.2 Å². The number of ether oxygens (including phenoxy) is 5. The third kappa shape index (κ3) is 14.6. The van der Waals surface area contributed by atoms with Gasteiger partial charge in [0.2, 0.25) is 0 Å². The summed E-state index contributed by atoms with van der Waals surface area (Å²) in [5.74, 6) is -0.683. The zero-order chi connectivity index (χ0) is 26.4. The highest BCUT2D eigenvalue weighted by Crippen LogP contribution is 2.15. The van der Waals surface area contributed by atoms with Crippen molar-refractivity contribution in [3.63, 3.8) is 0 Å². The molecule has 0 aliphatic rings. The van der Waals surface area contributed by atoms with Crippen LogP contribution in [0.1, 0.15) is 61.4 Å². The predicted molar refractivity (Wildman–Crippen MR) is 143 cm³/mol. The van der Waals surface area contributed by atoms with Crippen LogP contribution in [-0.2, 0) is 30.2 Å². The first-order valence-corrected chi connectivity index (χ1v) is 13.4. The van der Waals surface area contributed by atoms with Crippen molar-refractivity contribution in [1.29, 1.82) is 0 Å². The number of carbonyl (C=O) groups excluding carboxylic acids is 2. The lowest BCUT2D eigenvalue weighted by molar-refractivity contribution is -0.139. The van der Waals surface area contributed by atoms with E-state index in [0.717, 1.165) is 12.2 Å². The number of benzene rings is 2. The molecular weight excluding hydrogens is 472 g/mol. The summed E-state index contributed by atoms with van der Waals surface area (Å²) in [5, 5.41) is 0. The van der Waals surface area contributed by atoms with Crippen LogP contribution in [0.5, 0.6) is 5.75 Å². The molecule has 0 saturated heterocycles. The second-order valence-electron chi connectivity index (χ2n) is 8.68. The van der Waals surface area contributed by atoms with E-state index in [4.69, 9.17) is 23.7 Å². The van der Waals surface area contributed by atoms with Crippen LogP contribution in [0, 0.1) is 0 Å². The number of aryl methyl sites for hydroxylation is 1. The lowest BCUT2D eigenvalue weighted by Gasteiger charge is -2.09. The Morgan fingerprint density at radius 1 is 0.622 bits per heavy atom. The molecule has 0 N–H and O–H groups in total. The second-order valence-corrected chi connectivity index (χ2v) is 8.68. The van der Waals surface area contributed by atoms with Gasteiger partial charge in [0.25, 0.3) is 5.78 Å². The first kappa shape index (κ1) is 30.5. The molecule has 0 heterocycles. The van der Waals surface area contributed by atoms with Crippen LogP contribution < -0.4 is 4.74 Å². The van der Waals surface area contributed by atoms with Gasteiger partial charge in [-0.3, -0.25) is 4.79 Å². The largest absolute Gasteiger partial charge is 0.491 e.